The fourth-order valence-electron chi connectivity index (χ4n) is 1.82. The van der Waals surface area contributed by atoms with E-state index in [4.69, 9.17) is 13.6 Å². The van der Waals surface area contributed by atoms with Crippen LogP contribution in [-0.2, 0) is 0 Å². The van der Waals surface area contributed by atoms with Gasteiger partial charge in [-0.05, 0) is 41.3 Å². The van der Waals surface area contributed by atoms with E-state index in [1.807, 2.05) is 95.9 Å². The highest BCUT2D eigenvalue weighted by atomic mass is 127. The van der Waals surface area contributed by atoms with E-state index in [2.05, 4.69) is 22.6 Å². The van der Waals surface area contributed by atoms with Crippen molar-refractivity contribution in [2.24, 2.45) is 0 Å². The van der Waals surface area contributed by atoms with Crippen LogP contribution < -0.4 is 13.6 Å². The highest BCUT2D eigenvalue weighted by Gasteiger charge is 2.24. The minimum Gasteiger partial charge on any atom is -0.273 e. The maximum Gasteiger partial charge on any atom is 0.528 e. The third kappa shape index (κ3) is 6.38. The van der Waals surface area contributed by atoms with Crippen LogP contribution in [0.1, 0.15) is 0 Å². The van der Waals surface area contributed by atoms with Gasteiger partial charge in [0.05, 0.1) is 0 Å². The Labute approximate surface area is 157 Å². The number of rotatable bonds is 6. The first kappa shape index (κ1) is 18.6. The van der Waals surface area contributed by atoms with E-state index < -0.39 is 8.60 Å². The molecule has 3 aromatic rings. The number of hydrogen-bond acceptors (Lipinski definition) is 3. The topological polar surface area (TPSA) is 27.7 Å². The van der Waals surface area contributed by atoms with E-state index in [1.165, 1.54) is 0 Å². The standard InChI is InChI=1S/C18H16O3P.CH3I/c1-4-10-16(11-5-1)19-22(20-17-12-6-2-7-13-17)21-18-14-8-3-9-15-18;1-2/h1-15,22H;1H3/q+1;. The van der Waals surface area contributed by atoms with Gasteiger partial charge in [0.1, 0.15) is 0 Å². The third-order valence-electron chi connectivity index (χ3n) is 2.83. The van der Waals surface area contributed by atoms with Crippen molar-refractivity contribution in [1.82, 2.24) is 0 Å². The summed E-state index contributed by atoms with van der Waals surface area (Å²) in [5.74, 6) is 2.18. The van der Waals surface area contributed by atoms with Crippen molar-refractivity contribution in [3.05, 3.63) is 91.0 Å². The molecule has 0 radical (unpaired) electrons. The molecule has 3 aromatic carbocycles. The van der Waals surface area contributed by atoms with Crippen molar-refractivity contribution in [3.8, 4) is 17.2 Å². The molecular weight excluding hydrogens is 434 g/mol. The normalized spacial score (nSPS) is 9.62. The number of benzene rings is 3. The average molecular weight is 453 g/mol. The van der Waals surface area contributed by atoms with Crippen LogP contribution in [0.2, 0.25) is 0 Å². The van der Waals surface area contributed by atoms with Gasteiger partial charge < -0.3 is 0 Å². The zero-order chi connectivity index (χ0) is 17.0. The first-order valence-electron chi connectivity index (χ1n) is 7.33. The number of para-hydroxylation sites is 3. The summed E-state index contributed by atoms with van der Waals surface area (Å²) in [6.45, 7) is 0. The fraction of sp³-hybridized carbons (Fsp3) is 0.0526. The number of alkyl halides is 1. The SMILES string of the molecule is CI.c1ccc(O[PH+](Oc2ccccc2)Oc2ccccc2)cc1. The molecule has 0 amide bonds. The summed E-state index contributed by atoms with van der Waals surface area (Å²) in [7, 11) is -2.00. The quantitative estimate of drug-likeness (QED) is 0.252. The molecule has 0 saturated heterocycles. The largest absolute Gasteiger partial charge is 0.528 e. The van der Waals surface area contributed by atoms with Gasteiger partial charge in [-0.15, -0.1) is 0 Å². The van der Waals surface area contributed by atoms with Gasteiger partial charge >= 0.3 is 8.60 Å². The highest BCUT2D eigenvalue weighted by molar-refractivity contribution is 14.1. The summed E-state index contributed by atoms with van der Waals surface area (Å²) in [5, 5.41) is 0. The molecule has 0 aliphatic rings. The maximum atomic E-state index is 5.88. The molecule has 0 bridgehead atoms. The lowest BCUT2D eigenvalue weighted by Crippen LogP contribution is -2.02. The lowest BCUT2D eigenvalue weighted by molar-refractivity contribution is 0.388. The molecule has 0 fully saturated rings. The smallest absolute Gasteiger partial charge is 0.273 e. The predicted molar refractivity (Wildman–Crippen MR) is 109 cm³/mol. The molecule has 0 unspecified atom stereocenters. The Balaban J connectivity index is 0.00000100. The van der Waals surface area contributed by atoms with E-state index in [1.54, 1.807) is 0 Å². The Hall–Kier alpha value is -1.78. The Morgan fingerprint density at radius 2 is 0.750 bits per heavy atom. The van der Waals surface area contributed by atoms with Crippen molar-refractivity contribution in [1.29, 1.82) is 0 Å². The molecule has 0 N–H and O–H groups in total. The molecular formula is C19H19IO3P+. The van der Waals surface area contributed by atoms with Crippen molar-refractivity contribution in [2.45, 2.75) is 0 Å². The van der Waals surface area contributed by atoms with Gasteiger partial charge in [0.25, 0.3) is 0 Å². The zero-order valence-corrected chi connectivity index (χ0v) is 16.4. The molecule has 0 saturated carbocycles. The van der Waals surface area contributed by atoms with Gasteiger partial charge in [0.15, 0.2) is 17.2 Å². The Morgan fingerprint density at radius 1 is 0.500 bits per heavy atom. The molecule has 0 aliphatic carbocycles. The first-order valence-corrected chi connectivity index (χ1v) is 10.7. The first-order chi connectivity index (χ1) is 11.9. The summed E-state index contributed by atoms with van der Waals surface area (Å²) in [4.78, 5) is 1.97. The molecule has 0 aromatic heterocycles. The molecule has 0 atom stereocenters. The minimum absolute atomic E-state index is 0.725. The second-order valence-electron chi connectivity index (χ2n) is 4.50. The maximum absolute atomic E-state index is 5.88. The van der Waals surface area contributed by atoms with Gasteiger partial charge in [-0.25, -0.2) is 0 Å². The average Bonchev–Trinajstić information content (AvgIpc) is 2.66. The summed E-state index contributed by atoms with van der Waals surface area (Å²) in [5.41, 5.74) is 0. The minimum atomic E-state index is -2.00. The summed E-state index contributed by atoms with van der Waals surface area (Å²) in [6.07, 6.45) is 0. The van der Waals surface area contributed by atoms with Gasteiger partial charge in [-0.1, -0.05) is 77.2 Å². The number of hydrogen-bond donors (Lipinski definition) is 0. The second kappa shape index (κ2) is 10.9. The molecule has 0 heterocycles. The molecule has 0 spiro atoms. The van der Waals surface area contributed by atoms with Crippen molar-refractivity contribution in [2.75, 3.05) is 4.93 Å². The Kier molecular flexibility index (Phi) is 8.42. The van der Waals surface area contributed by atoms with E-state index in [-0.39, 0.29) is 0 Å². The van der Waals surface area contributed by atoms with Crippen LogP contribution in [-0.4, -0.2) is 4.93 Å². The second-order valence-corrected chi connectivity index (χ2v) is 5.61. The van der Waals surface area contributed by atoms with Crippen LogP contribution in [0.15, 0.2) is 91.0 Å². The highest BCUT2D eigenvalue weighted by Crippen LogP contribution is 2.41. The van der Waals surface area contributed by atoms with Gasteiger partial charge in [0, 0.05) is 0 Å². The van der Waals surface area contributed by atoms with E-state index in [9.17, 15) is 0 Å². The van der Waals surface area contributed by atoms with E-state index >= 15 is 0 Å². The molecule has 3 nitrogen and oxygen atoms in total. The number of halogens is 1. The fourth-order valence-corrected chi connectivity index (χ4v) is 2.93. The van der Waals surface area contributed by atoms with Gasteiger partial charge in [-0.2, -0.15) is 0 Å². The summed E-state index contributed by atoms with van der Waals surface area (Å²) in [6, 6.07) is 28.6. The zero-order valence-electron chi connectivity index (χ0n) is 13.3. The third-order valence-corrected chi connectivity index (χ3v) is 4.04. The van der Waals surface area contributed by atoms with Crippen LogP contribution in [0.3, 0.4) is 0 Å². The van der Waals surface area contributed by atoms with Crippen LogP contribution in [0.25, 0.3) is 0 Å². The lowest BCUT2D eigenvalue weighted by Gasteiger charge is -2.10. The van der Waals surface area contributed by atoms with Gasteiger partial charge in [-0.3, -0.25) is 13.6 Å². The van der Waals surface area contributed by atoms with Crippen LogP contribution >= 0.6 is 31.2 Å². The van der Waals surface area contributed by atoms with E-state index in [0.717, 1.165) is 17.2 Å². The summed E-state index contributed by atoms with van der Waals surface area (Å²) < 4.78 is 17.6. The van der Waals surface area contributed by atoms with Crippen molar-refractivity contribution < 1.29 is 13.6 Å². The van der Waals surface area contributed by atoms with Crippen molar-refractivity contribution in [3.63, 3.8) is 0 Å². The molecule has 124 valence electrons. The lowest BCUT2D eigenvalue weighted by atomic mass is 10.3. The molecule has 3 rings (SSSR count). The molecule has 5 heteroatoms. The van der Waals surface area contributed by atoms with Gasteiger partial charge in [0.2, 0.25) is 0 Å². The Morgan fingerprint density at radius 3 is 1.00 bits per heavy atom. The van der Waals surface area contributed by atoms with Crippen LogP contribution in [0, 0.1) is 0 Å². The predicted octanol–water partition coefficient (Wildman–Crippen LogP) is 6.23. The Bertz CT molecular complexity index is 582. The summed E-state index contributed by atoms with van der Waals surface area (Å²) >= 11 is 2.15. The monoisotopic (exact) mass is 453 g/mol. The van der Waals surface area contributed by atoms with Crippen molar-refractivity contribution >= 4 is 31.2 Å². The van der Waals surface area contributed by atoms with Crippen LogP contribution in [0.5, 0.6) is 17.2 Å². The van der Waals surface area contributed by atoms with Crippen LogP contribution in [0.4, 0.5) is 0 Å². The molecule has 0 aliphatic heterocycles. The van der Waals surface area contributed by atoms with E-state index in [0.29, 0.717) is 0 Å². The molecule has 24 heavy (non-hydrogen) atoms.